The van der Waals surface area contributed by atoms with Crippen LogP contribution in [0.15, 0.2) is 18.2 Å². The molecule has 0 bridgehead atoms. The van der Waals surface area contributed by atoms with Crippen LogP contribution < -0.4 is 10.6 Å². The van der Waals surface area contributed by atoms with E-state index in [0.29, 0.717) is 6.42 Å². The minimum absolute atomic E-state index is 0.0436. The molecule has 1 aliphatic rings. The first-order valence-corrected chi connectivity index (χ1v) is 7.21. The van der Waals surface area contributed by atoms with Gasteiger partial charge in [0.15, 0.2) is 0 Å². The molecule has 108 valence electrons. The van der Waals surface area contributed by atoms with Crippen molar-refractivity contribution in [3.05, 3.63) is 34.9 Å². The van der Waals surface area contributed by atoms with Crippen LogP contribution in [0.3, 0.4) is 0 Å². The second kappa shape index (κ2) is 6.55. The van der Waals surface area contributed by atoms with Crippen molar-refractivity contribution in [3.8, 4) is 0 Å². The first-order chi connectivity index (χ1) is 9.54. The van der Waals surface area contributed by atoms with E-state index in [1.54, 1.807) is 0 Å². The molecule has 1 aliphatic carbocycles. The Hall–Kier alpha value is -1.84. The standard InChI is InChI=1S/C16H22N2O2/c1-11(2)18-16(20)10-17-15(19)9-12-6-7-13-4-3-5-14(13)8-12/h6-8,11H,3-5,9-10H2,1-2H3,(H,17,19)(H,18,20). The van der Waals surface area contributed by atoms with Gasteiger partial charge in [-0.2, -0.15) is 0 Å². The average molecular weight is 274 g/mol. The van der Waals surface area contributed by atoms with Gasteiger partial charge in [-0.15, -0.1) is 0 Å². The van der Waals surface area contributed by atoms with Crippen LogP contribution in [0.4, 0.5) is 0 Å². The van der Waals surface area contributed by atoms with Crippen LogP contribution in [0, 0.1) is 0 Å². The number of amides is 2. The van der Waals surface area contributed by atoms with E-state index in [1.165, 1.54) is 17.5 Å². The highest BCUT2D eigenvalue weighted by atomic mass is 16.2. The van der Waals surface area contributed by atoms with E-state index in [4.69, 9.17) is 0 Å². The zero-order valence-electron chi connectivity index (χ0n) is 12.2. The number of aryl methyl sites for hydroxylation is 2. The quantitative estimate of drug-likeness (QED) is 0.851. The van der Waals surface area contributed by atoms with Gasteiger partial charge in [-0.3, -0.25) is 9.59 Å². The number of hydrogen-bond donors (Lipinski definition) is 2. The van der Waals surface area contributed by atoms with Crippen molar-refractivity contribution in [1.29, 1.82) is 0 Å². The molecule has 0 saturated carbocycles. The fraction of sp³-hybridized carbons (Fsp3) is 0.500. The maximum atomic E-state index is 11.8. The summed E-state index contributed by atoms with van der Waals surface area (Å²) >= 11 is 0. The van der Waals surface area contributed by atoms with Crippen molar-refractivity contribution < 1.29 is 9.59 Å². The van der Waals surface area contributed by atoms with Crippen LogP contribution in [0.1, 0.15) is 37.0 Å². The van der Waals surface area contributed by atoms with Gasteiger partial charge in [-0.1, -0.05) is 18.2 Å². The van der Waals surface area contributed by atoms with Crippen molar-refractivity contribution in [2.24, 2.45) is 0 Å². The molecule has 0 unspecified atom stereocenters. The summed E-state index contributed by atoms with van der Waals surface area (Å²) in [6, 6.07) is 6.35. The largest absolute Gasteiger partial charge is 0.352 e. The maximum absolute atomic E-state index is 11.8. The van der Waals surface area contributed by atoms with Crippen molar-refractivity contribution in [1.82, 2.24) is 10.6 Å². The molecule has 0 fully saturated rings. The summed E-state index contributed by atoms with van der Waals surface area (Å²) in [4.78, 5) is 23.2. The Kier molecular flexibility index (Phi) is 4.77. The number of hydrogen-bond acceptors (Lipinski definition) is 2. The van der Waals surface area contributed by atoms with Gasteiger partial charge >= 0.3 is 0 Å². The van der Waals surface area contributed by atoms with E-state index >= 15 is 0 Å². The Morgan fingerprint density at radius 3 is 2.65 bits per heavy atom. The molecule has 0 radical (unpaired) electrons. The highest BCUT2D eigenvalue weighted by Gasteiger charge is 2.12. The van der Waals surface area contributed by atoms with Gasteiger partial charge in [0.05, 0.1) is 13.0 Å². The molecular weight excluding hydrogens is 252 g/mol. The second-order valence-corrected chi connectivity index (χ2v) is 5.63. The number of carbonyl (C=O) groups excluding carboxylic acids is 2. The predicted molar refractivity (Wildman–Crippen MR) is 78.5 cm³/mol. The van der Waals surface area contributed by atoms with E-state index in [1.807, 2.05) is 19.9 Å². The van der Waals surface area contributed by atoms with Crippen LogP contribution in [0.25, 0.3) is 0 Å². The van der Waals surface area contributed by atoms with Crippen LogP contribution in [-0.4, -0.2) is 24.4 Å². The molecule has 4 heteroatoms. The highest BCUT2D eigenvalue weighted by molar-refractivity contribution is 5.85. The molecule has 2 rings (SSSR count). The van der Waals surface area contributed by atoms with Gasteiger partial charge in [0.25, 0.3) is 0 Å². The first-order valence-electron chi connectivity index (χ1n) is 7.21. The zero-order valence-corrected chi connectivity index (χ0v) is 12.2. The summed E-state index contributed by atoms with van der Waals surface area (Å²) in [6.07, 6.45) is 3.81. The summed E-state index contributed by atoms with van der Waals surface area (Å²) in [5.41, 5.74) is 3.80. The minimum atomic E-state index is -0.151. The lowest BCUT2D eigenvalue weighted by molar-refractivity contribution is -0.126. The zero-order chi connectivity index (χ0) is 14.5. The smallest absolute Gasteiger partial charge is 0.239 e. The third-order valence-electron chi connectivity index (χ3n) is 3.42. The number of nitrogens with one attached hydrogen (secondary N) is 2. The van der Waals surface area contributed by atoms with Gasteiger partial charge in [0.1, 0.15) is 0 Å². The van der Waals surface area contributed by atoms with E-state index < -0.39 is 0 Å². The number of benzene rings is 1. The van der Waals surface area contributed by atoms with Crippen molar-refractivity contribution >= 4 is 11.8 Å². The van der Waals surface area contributed by atoms with Crippen LogP contribution in [-0.2, 0) is 28.9 Å². The molecule has 4 nitrogen and oxygen atoms in total. The van der Waals surface area contributed by atoms with Gasteiger partial charge in [0.2, 0.25) is 11.8 Å². The van der Waals surface area contributed by atoms with E-state index in [9.17, 15) is 9.59 Å². The van der Waals surface area contributed by atoms with Gasteiger partial charge < -0.3 is 10.6 Å². The highest BCUT2D eigenvalue weighted by Crippen LogP contribution is 2.22. The molecule has 20 heavy (non-hydrogen) atoms. The lowest BCUT2D eigenvalue weighted by Crippen LogP contribution is -2.40. The normalized spacial score (nSPS) is 13.2. The van der Waals surface area contributed by atoms with Crippen molar-refractivity contribution in [3.63, 3.8) is 0 Å². The van der Waals surface area contributed by atoms with Gasteiger partial charge in [-0.25, -0.2) is 0 Å². The van der Waals surface area contributed by atoms with Crippen molar-refractivity contribution in [2.45, 2.75) is 45.6 Å². The molecule has 1 aromatic carbocycles. The molecule has 2 amide bonds. The third-order valence-corrected chi connectivity index (χ3v) is 3.42. The van der Waals surface area contributed by atoms with Crippen LogP contribution >= 0.6 is 0 Å². The van der Waals surface area contributed by atoms with E-state index in [2.05, 4.69) is 22.8 Å². The molecule has 1 aromatic rings. The molecule has 0 spiro atoms. The average Bonchev–Trinajstić information content (AvgIpc) is 2.83. The SMILES string of the molecule is CC(C)NC(=O)CNC(=O)Cc1ccc2c(c1)CCC2. The molecular formula is C16H22N2O2. The van der Waals surface area contributed by atoms with Gasteiger partial charge in [0, 0.05) is 6.04 Å². The fourth-order valence-electron chi connectivity index (χ4n) is 2.53. The van der Waals surface area contributed by atoms with Crippen LogP contribution in [0.5, 0.6) is 0 Å². The molecule has 0 aromatic heterocycles. The van der Waals surface area contributed by atoms with Crippen LogP contribution in [0.2, 0.25) is 0 Å². The monoisotopic (exact) mass is 274 g/mol. The summed E-state index contributed by atoms with van der Waals surface area (Å²) in [5.74, 6) is -0.260. The summed E-state index contributed by atoms with van der Waals surface area (Å²) < 4.78 is 0. The summed E-state index contributed by atoms with van der Waals surface area (Å²) in [5, 5.41) is 5.40. The fourth-order valence-corrected chi connectivity index (χ4v) is 2.53. The number of carbonyl (C=O) groups is 2. The third kappa shape index (κ3) is 4.08. The predicted octanol–water partition coefficient (Wildman–Crippen LogP) is 1.36. The Morgan fingerprint density at radius 2 is 1.90 bits per heavy atom. The topological polar surface area (TPSA) is 58.2 Å². The Bertz CT molecular complexity index is 509. The number of fused-ring (bicyclic) bond motifs is 1. The van der Waals surface area contributed by atoms with E-state index in [-0.39, 0.29) is 24.4 Å². The minimum Gasteiger partial charge on any atom is -0.352 e. The Morgan fingerprint density at radius 1 is 1.15 bits per heavy atom. The molecule has 2 N–H and O–H groups in total. The molecule has 0 saturated heterocycles. The molecule has 0 heterocycles. The first kappa shape index (κ1) is 14.6. The summed E-state index contributed by atoms with van der Waals surface area (Å²) in [7, 11) is 0. The maximum Gasteiger partial charge on any atom is 0.239 e. The lowest BCUT2D eigenvalue weighted by atomic mass is 10.0. The summed E-state index contributed by atoms with van der Waals surface area (Å²) in [6.45, 7) is 3.83. The van der Waals surface area contributed by atoms with Gasteiger partial charge in [-0.05, 0) is 49.8 Å². The van der Waals surface area contributed by atoms with E-state index in [0.717, 1.165) is 18.4 Å². The molecule has 0 atom stereocenters. The Balaban J connectivity index is 1.81. The lowest BCUT2D eigenvalue weighted by Gasteiger charge is -2.09. The Labute approximate surface area is 119 Å². The molecule has 0 aliphatic heterocycles. The van der Waals surface area contributed by atoms with Crippen molar-refractivity contribution in [2.75, 3.05) is 6.54 Å². The second-order valence-electron chi connectivity index (χ2n) is 5.63. The number of rotatable bonds is 5.